The van der Waals surface area contributed by atoms with Crippen LogP contribution in [0.4, 0.5) is 0 Å². The summed E-state index contributed by atoms with van der Waals surface area (Å²) in [6, 6.07) is 4.84. The van der Waals surface area contributed by atoms with Crippen LogP contribution in [0.5, 0.6) is 0 Å². The van der Waals surface area contributed by atoms with Crippen molar-refractivity contribution in [3.63, 3.8) is 0 Å². The summed E-state index contributed by atoms with van der Waals surface area (Å²) in [5.41, 5.74) is 0.949. The van der Waals surface area contributed by atoms with Gasteiger partial charge in [0.25, 0.3) is 0 Å². The predicted octanol–water partition coefficient (Wildman–Crippen LogP) is 2.57. The van der Waals surface area contributed by atoms with Crippen LogP contribution in [0.2, 0.25) is 10.0 Å². The third-order valence-corrected chi connectivity index (χ3v) is 2.68. The third kappa shape index (κ3) is 1.69. The van der Waals surface area contributed by atoms with E-state index >= 15 is 0 Å². The van der Waals surface area contributed by atoms with Crippen LogP contribution in [0.15, 0.2) is 17.3 Å². The number of fused-ring (bicyclic) bond motifs is 1. The molecule has 0 bridgehead atoms. The minimum absolute atomic E-state index is 0.165. The van der Waals surface area contributed by atoms with Crippen molar-refractivity contribution in [2.24, 2.45) is 5.16 Å². The lowest BCUT2D eigenvalue weighted by Crippen LogP contribution is -1.99. The number of rotatable bonds is 1. The van der Waals surface area contributed by atoms with Gasteiger partial charge in [0.2, 0.25) is 5.71 Å². The maximum atomic E-state index is 8.66. The van der Waals surface area contributed by atoms with E-state index in [1.165, 1.54) is 0 Å². The first kappa shape index (κ1) is 10.7. The minimum atomic E-state index is -0.205. The van der Waals surface area contributed by atoms with Crippen molar-refractivity contribution in [2.45, 2.75) is 0 Å². The highest BCUT2D eigenvalue weighted by molar-refractivity contribution is 6.42. The van der Waals surface area contributed by atoms with Gasteiger partial charge in [-0.15, -0.1) is 0 Å². The van der Waals surface area contributed by atoms with Crippen LogP contribution >= 0.6 is 23.2 Å². The summed E-state index contributed by atoms with van der Waals surface area (Å²) in [6.07, 6.45) is 0. The highest BCUT2D eigenvalue weighted by Gasteiger charge is 2.11. The first-order chi connectivity index (χ1) is 7.65. The molecule has 1 aromatic carbocycles. The van der Waals surface area contributed by atoms with E-state index in [1.807, 2.05) is 0 Å². The number of hydrogen-bond acceptors (Lipinski definition) is 4. The first-order valence-electron chi connectivity index (χ1n) is 4.13. The summed E-state index contributed by atoms with van der Waals surface area (Å²) in [5.74, 6) is 0.165. The molecule has 80 valence electrons. The quantitative estimate of drug-likeness (QED) is 0.466. The summed E-state index contributed by atoms with van der Waals surface area (Å²) in [4.78, 5) is 6.84. The molecule has 16 heavy (non-hydrogen) atoms. The molecule has 0 radical (unpaired) electrons. The number of nitriles is 1. The zero-order valence-corrected chi connectivity index (χ0v) is 9.21. The molecule has 0 unspecified atom stereocenters. The molecule has 0 amide bonds. The van der Waals surface area contributed by atoms with Crippen molar-refractivity contribution in [3.05, 3.63) is 28.0 Å². The minimum Gasteiger partial charge on any atom is -0.410 e. The van der Waals surface area contributed by atoms with Crippen LogP contribution in [-0.4, -0.2) is 20.9 Å². The van der Waals surface area contributed by atoms with Gasteiger partial charge in [0.15, 0.2) is 5.82 Å². The Morgan fingerprint density at radius 3 is 2.75 bits per heavy atom. The largest absolute Gasteiger partial charge is 0.410 e. The fourth-order valence-corrected chi connectivity index (χ4v) is 1.56. The molecule has 1 aromatic heterocycles. The monoisotopic (exact) mass is 254 g/mol. The van der Waals surface area contributed by atoms with E-state index in [-0.39, 0.29) is 11.5 Å². The Morgan fingerprint density at radius 1 is 1.44 bits per heavy atom. The van der Waals surface area contributed by atoms with E-state index in [0.717, 1.165) is 0 Å². The summed E-state index contributed by atoms with van der Waals surface area (Å²) in [6.45, 7) is 0. The molecular weight excluding hydrogens is 251 g/mol. The molecule has 2 aromatic rings. The predicted molar refractivity (Wildman–Crippen MR) is 60.1 cm³/mol. The Hall–Kier alpha value is -1.77. The molecule has 0 aliphatic carbocycles. The van der Waals surface area contributed by atoms with Crippen LogP contribution in [0.3, 0.4) is 0 Å². The van der Waals surface area contributed by atoms with Gasteiger partial charge in [-0.05, 0) is 12.1 Å². The van der Waals surface area contributed by atoms with Gasteiger partial charge >= 0.3 is 0 Å². The lowest BCUT2D eigenvalue weighted by molar-refractivity contribution is 0.320. The zero-order valence-electron chi connectivity index (χ0n) is 7.70. The second-order valence-electron chi connectivity index (χ2n) is 2.93. The average molecular weight is 255 g/mol. The number of oxime groups is 1. The molecule has 0 aliphatic rings. The van der Waals surface area contributed by atoms with Crippen molar-refractivity contribution in [1.29, 1.82) is 5.26 Å². The van der Waals surface area contributed by atoms with Gasteiger partial charge in [-0.1, -0.05) is 28.4 Å². The molecule has 0 spiro atoms. The Balaban J connectivity index is 2.66. The van der Waals surface area contributed by atoms with Gasteiger partial charge in [-0.3, -0.25) is 0 Å². The lowest BCUT2D eigenvalue weighted by Gasteiger charge is -1.93. The highest BCUT2D eigenvalue weighted by Crippen LogP contribution is 2.26. The highest BCUT2D eigenvalue weighted by atomic mass is 35.5. The van der Waals surface area contributed by atoms with E-state index in [4.69, 9.17) is 33.7 Å². The Morgan fingerprint density at radius 2 is 2.12 bits per heavy atom. The normalized spacial score (nSPS) is 11.7. The summed E-state index contributed by atoms with van der Waals surface area (Å²) in [5, 5.41) is 20.8. The standard InChI is InChI=1S/C9H4Cl2N4O/c10-4-1-6-7(2-5(4)11)14-9(13-6)8(3-12)15-16/h1-2,16H,(H,13,14)/b15-8+. The molecule has 5 nitrogen and oxygen atoms in total. The molecule has 0 aliphatic heterocycles. The fourth-order valence-electron chi connectivity index (χ4n) is 1.24. The van der Waals surface area contributed by atoms with Gasteiger partial charge in [0.05, 0.1) is 21.1 Å². The van der Waals surface area contributed by atoms with E-state index in [9.17, 15) is 0 Å². The van der Waals surface area contributed by atoms with Crippen molar-refractivity contribution in [3.8, 4) is 6.07 Å². The van der Waals surface area contributed by atoms with Gasteiger partial charge < -0.3 is 10.2 Å². The first-order valence-corrected chi connectivity index (χ1v) is 4.88. The summed E-state index contributed by atoms with van der Waals surface area (Å²) >= 11 is 11.6. The van der Waals surface area contributed by atoms with Crippen molar-refractivity contribution >= 4 is 39.9 Å². The number of imidazole rings is 1. The smallest absolute Gasteiger partial charge is 0.221 e. The number of halogens is 2. The van der Waals surface area contributed by atoms with Gasteiger partial charge in [0, 0.05) is 0 Å². The van der Waals surface area contributed by atoms with Crippen LogP contribution in [-0.2, 0) is 0 Å². The van der Waals surface area contributed by atoms with Crippen LogP contribution in [0.25, 0.3) is 11.0 Å². The molecule has 2 N–H and O–H groups in total. The number of nitrogens with one attached hydrogen (secondary N) is 1. The number of H-pyrrole nitrogens is 1. The molecule has 0 fully saturated rings. The molecule has 2 rings (SSSR count). The van der Waals surface area contributed by atoms with Crippen LogP contribution in [0.1, 0.15) is 5.82 Å². The number of benzene rings is 1. The Kier molecular flexibility index (Phi) is 2.69. The molecule has 7 heteroatoms. The van der Waals surface area contributed by atoms with Crippen molar-refractivity contribution < 1.29 is 5.21 Å². The van der Waals surface area contributed by atoms with E-state index in [0.29, 0.717) is 21.1 Å². The third-order valence-electron chi connectivity index (χ3n) is 1.95. The van der Waals surface area contributed by atoms with Crippen LogP contribution in [0, 0.1) is 11.3 Å². The zero-order chi connectivity index (χ0) is 11.7. The van der Waals surface area contributed by atoms with Crippen molar-refractivity contribution in [1.82, 2.24) is 9.97 Å². The number of aromatic nitrogens is 2. The van der Waals surface area contributed by atoms with Gasteiger partial charge in [0.1, 0.15) is 6.07 Å². The molecular formula is C9H4Cl2N4O. The second-order valence-corrected chi connectivity index (χ2v) is 3.74. The average Bonchev–Trinajstić information content (AvgIpc) is 2.63. The molecule has 0 saturated carbocycles. The lowest BCUT2D eigenvalue weighted by atomic mass is 10.3. The van der Waals surface area contributed by atoms with Crippen molar-refractivity contribution in [2.75, 3.05) is 0 Å². The summed E-state index contributed by atoms with van der Waals surface area (Å²) < 4.78 is 0. The number of nitrogens with zero attached hydrogens (tertiary/aromatic N) is 3. The van der Waals surface area contributed by atoms with Gasteiger partial charge in [-0.25, -0.2) is 4.98 Å². The second kappa shape index (κ2) is 4.00. The van der Waals surface area contributed by atoms with E-state index in [1.54, 1.807) is 18.2 Å². The van der Waals surface area contributed by atoms with E-state index < -0.39 is 0 Å². The maximum Gasteiger partial charge on any atom is 0.221 e. The Labute approximate surface area is 99.9 Å². The number of aromatic amines is 1. The SMILES string of the molecule is N#C/C(=N\O)c1nc2cc(Cl)c(Cl)cc2[nH]1. The molecule has 1 heterocycles. The molecule has 0 saturated heterocycles. The van der Waals surface area contributed by atoms with E-state index in [2.05, 4.69) is 15.1 Å². The van der Waals surface area contributed by atoms with Gasteiger partial charge in [-0.2, -0.15) is 5.26 Å². The maximum absolute atomic E-state index is 8.66. The topological polar surface area (TPSA) is 85.1 Å². The van der Waals surface area contributed by atoms with Crippen LogP contribution < -0.4 is 0 Å². The fraction of sp³-hybridized carbons (Fsp3) is 0. The number of hydrogen-bond donors (Lipinski definition) is 2. The summed E-state index contributed by atoms with van der Waals surface area (Å²) in [7, 11) is 0. The molecule has 0 atom stereocenters. The Bertz CT molecular complexity index is 587.